The molecule has 3 N–H and O–H groups in total. The van der Waals surface area contributed by atoms with E-state index >= 15 is 0 Å². The Kier molecular flexibility index (Phi) is 14.1. The van der Waals surface area contributed by atoms with Crippen LogP contribution in [0.25, 0.3) is 16.6 Å². The van der Waals surface area contributed by atoms with Gasteiger partial charge in [0.15, 0.2) is 0 Å². The number of carbonyl (C=O) groups is 2. The molecule has 23 heteroatoms. The number of piperazine rings is 1. The van der Waals surface area contributed by atoms with E-state index in [4.69, 9.17) is 9.47 Å². The molecule has 0 spiro atoms. The van der Waals surface area contributed by atoms with Crippen molar-refractivity contribution in [3.63, 3.8) is 0 Å². The second-order valence-electron chi connectivity index (χ2n) is 18.6. The van der Waals surface area contributed by atoms with E-state index in [1.54, 1.807) is 43.5 Å². The number of fused-ring (bicyclic) bond motifs is 1. The Hall–Kier alpha value is -6.72. The van der Waals surface area contributed by atoms with Crippen molar-refractivity contribution in [3.8, 4) is 11.5 Å². The summed E-state index contributed by atoms with van der Waals surface area (Å²) in [6.07, 6.45) is -4.92. The lowest BCUT2D eigenvalue weighted by Crippen LogP contribution is -2.51. The molecule has 3 aliphatic rings. The fourth-order valence-electron chi connectivity index (χ4n) is 9.13. The van der Waals surface area contributed by atoms with Crippen LogP contribution in [-0.4, -0.2) is 116 Å². The van der Waals surface area contributed by atoms with Crippen molar-refractivity contribution in [2.24, 2.45) is 5.41 Å². The number of halogens is 6. The Morgan fingerprint density at radius 1 is 0.986 bits per heavy atom. The number of rotatable bonds is 13. The predicted molar refractivity (Wildman–Crippen MR) is 251 cm³/mol. The minimum atomic E-state index is -5.10. The fourth-order valence-corrected chi connectivity index (χ4v) is 10.1. The van der Waals surface area contributed by atoms with Crippen molar-refractivity contribution in [2.75, 3.05) is 69.2 Å². The lowest BCUT2D eigenvalue weighted by Gasteiger charge is -2.39. The maximum absolute atomic E-state index is 14.0. The number of morpholine rings is 1. The van der Waals surface area contributed by atoms with Crippen LogP contribution in [0.15, 0.2) is 89.6 Å². The first-order valence-electron chi connectivity index (χ1n) is 22.6. The number of nitro benzene ring substituents is 1. The number of benzene rings is 3. The zero-order chi connectivity index (χ0) is 51.0. The molecule has 1 atom stereocenters. The van der Waals surface area contributed by atoms with Gasteiger partial charge in [-0.25, -0.2) is 18.1 Å². The topological polar surface area (TPSA) is 192 Å². The molecule has 3 aromatic carbocycles. The molecule has 1 unspecified atom stereocenters. The second kappa shape index (κ2) is 19.8. The third-order valence-corrected chi connectivity index (χ3v) is 14.2. The van der Waals surface area contributed by atoms with Crippen LogP contribution in [0.5, 0.6) is 11.5 Å². The number of aromatic nitrogens is 2. The van der Waals surface area contributed by atoms with Gasteiger partial charge < -0.3 is 29.6 Å². The minimum absolute atomic E-state index is 0.0215. The number of amides is 2. The molecule has 71 heavy (non-hydrogen) atoms. The van der Waals surface area contributed by atoms with Gasteiger partial charge in [-0.2, -0.15) is 26.3 Å². The molecule has 2 amide bonds. The van der Waals surface area contributed by atoms with E-state index in [1.807, 2.05) is 4.72 Å². The number of nitrogens with zero attached hydrogens (tertiary/aromatic N) is 5. The number of aryl methyl sites for hydroxylation is 1. The Balaban J connectivity index is 0.988. The highest BCUT2D eigenvalue weighted by Gasteiger charge is 2.44. The SMILES string of the molecule is Cc1cc(C(F)(F)F)ccc1C1=C(CN2CCN(c3ccc(C(=O)NS(=O)(=O)c4ccc(NCC5CN(C(=O)C(F)(F)F)CCO5)c([N+](=O)[O-])c4)c(Oc4cnc5[nH]ccc5c4)c3)CC2)CCC(C)(C)C1. The van der Waals surface area contributed by atoms with Crippen LogP contribution in [0.4, 0.5) is 43.4 Å². The lowest BCUT2D eigenvalue weighted by atomic mass is 9.72. The number of nitrogens with one attached hydrogen (secondary N) is 3. The molecular formula is C48H50F6N8O8S. The minimum Gasteiger partial charge on any atom is -0.455 e. The average Bonchev–Trinajstić information content (AvgIpc) is 3.79. The molecule has 1 aliphatic carbocycles. The number of aromatic amines is 1. The smallest absolute Gasteiger partial charge is 0.455 e. The Bertz CT molecular complexity index is 3010. The number of carbonyl (C=O) groups excluding carboxylic acids is 2. The number of hydrogen-bond acceptors (Lipinski definition) is 12. The highest BCUT2D eigenvalue weighted by molar-refractivity contribution is 7.90. The standard InChI is InChI=1S/C48H50F6N8O8S/c1-29-20-32(47(49,50)51)4-7-37(29)39-24-46(2,3)12-10-31(39)27-59-14-16-60(17-15-59)33-5-8-38(42(22-33)70-34-21-30-11-13-55-43(30)57-25-34)44(63)58-71(67,68)36-6-9-40(41(23-36)62(65)66)56-26-35-28-61(18-19-69-35)45(64)48(52,53)54/h4-9,11,13,20-23,25,35,56H,10,12,14-19,24,26-28H2,1-3H3,(H,55,57)(H,58,63). The first-order valence-corrected chi connectivity index (χ1v) is 24.1. The maximum atomic E-state index is 14.0. The van der Waals surface area contributed by atoms with Crippen molar-refractivity contribution in [2.45, 2.75) is 63.4 Å². The highest BCUT2D eigenvalue weighted by Crippen LogP contribution is 2.45. The van der Waals surface area contributed by atoms with E-state index in [0.717, 1.165) is 54.7 Å². The van der Waals surface area contributed by atoms with E-state index in [9.17, 15) is 54.5 Å². The molecule has 378 valence electrons. The van der Waals surface area contributed by atoms with Crippen molar-refractivity contribution in [3.05, 3.63) is 117 Å². The number of nitro groups is 1. The maximum Gasteiger partial charge on any atom is 0.471 e. The number of H-pyrrole nitrogens is 1. The van der Waals surface area contributed by atoms with Gasteiger partial charge in [-0.15, -0.1) is 0 Å². The average molecular weight is 1010 g/mol. The first-order chi connectivity index (χ1) is 33.4. The molecule has 16 nitrogen and oxygen atoms in total. The van der Waals surface area contributed by atoms with E-state index < -0.39 is 67.9 Å². The molecular weight excluding hydrogens is 963 g/mol. The first kappa shape index (κ1) is 50.7. The van der Waals surface area contributed by atoms with Crippen LogP contribution in [0.3, 0.4) is 0 Å². The summed E-state index contributed by atoms with van der Waals surface area (Å²) < 4.78 is 121. The van der Waals surface area contributed by atoms with Crippen LogP contribution in [0.2, 0.25) is 0 Å². The summed E-state index contributed by atoms with van der Waals surface area (Å²) in [5, 5.41) is 15.5. The van der Waals surface area contributed by atoms with Crippen molar-refractivity contribution < 1.29 is 58.7 Å². The second-order valence-corrected chi connectivity index (χ2v) is 20.3. The largest absolute Gasteiger partial charge is 0.471 e. The Labute approximate surface area is 404 Å². The molecule has 8 rings (SSSR count). The lowest BCUT2D eigenvalue weighted by molar-refractivity contribution is -0.384. The van der Waals surface area contributed by atoms with E-state index in [0.29, 0.717) is 59.9 Å². The van der Waals surface area contributed by atoms with Gasteiger partial charge in [0.2, 0.25) is 0 Å². The predicted octanol–water partition coefficient (Wildman–Crippen LogP) is 8.70. The summed E-state index contributed by atoms with van der Waals surface area (Å²) in [4.78, 5) is 48.6. The highest BCUT2D eigenvalue weighted by atomic mass is 32.2. The zero-order valence-corrected chi connectivity index (χ0v) is 39.6. The molecule has 0 saturated carbocycles. The number of alkyl halides is 6. The van der Waals surface area contributed by atoms with Gasteiger partial charge >= 0.3 is 18.3 Å². The quantitative estimate of drug-likeness (QED) is 0.0579. The van der Waals surface area contributed by atoms with Gasteiger partial charge in [-0.05, 0) is 96.8 Å². The summed E-state index contributed by atoms with van der Waals surface area (Å²) in [6, 6.07) is 14.8. The molecule has 0 bridgehead atoms. The Morgan fingerprint density at radius 3 is 2.45 bits per heavy atom. The van der Waals surface area contributed by atoms with Crippen LogP contribution in [-0.2, 0) is 25.7 Å². The number of hydrogen-bond donors (Lipinski definition) is 3. The number of anilines is 2. The number of ether oxygens (including phenoxy) is 2. The molecule has 0 radical (unpaired) electrons. The molecule has 2 saturated heterocycles. The molecule has 2 aromatic heterocycles. The van der Waals surface area contributed by atoms with Crippen LogP contribution in [0, 0.1) is 22.5 Å². The van der Waals surface area contributed by atoms with E-state index in [2.05, 4.69) is 38.9 Å². The summed E-state index contributed by atoms with van der Waals surface area (Å²) in [5.41, 5.74) is 3.10. The summed E-state index contributed by atoms with van der Waals surface area (Å²) >= 11 is 0. The summed E-state index contributed by atoms with van der Waals surface area (Å²) in [5.74, 6) is -2.95. The van der Waals surface area contributed by atoms with Gasteiger partial charge in [0.05, 0.1) is 39.9 Å². The summed E-state index contributed by atoms with van der Waals surface area (Å²) in [6.45, 7) is 7.85. The molecule has 2 fully saturated rings. The van der Waals surface area contributed by atoms with Crippen LogP contribution >= 0.6 is 0 Å². The zero-order valence-electron chi connectivity index (χ0n) is 38.7. The van der Waals surface area contributed by atoms with Crippen LogP contribution in [0.1, 0.15) is 60.2 Å². The number of allylic oxidation sites excluding steroid dienone is 1. The van der Waals surface area contributed by atoms with Gasteiger partial charge in [0.1, 0.15) is 22.8 Å². The number of sulfonamides is 1. The summed E-state index contributed by atoms with van der Waals surface area (Å²) in [7, 11) is -4.79. The molecule has 4 heterocycles. The van der Waals surface area contributed by atoms with Crippen molar-refractivity contribution in [1.82, 2.24) is 24.5 Å². The van der Waals surface area contributed by atoms with Crippen LogP contribution < -0.4 is 19.7 Å². The Morgan fingerprint density at radius 2 is 1.75 bits per heavy atom. The van der Waals surface area contributed by atoms with Gasteiger partial charge in [0, 0.05) is 81.8 Å². The third kappa shape index (κ3) is 11.7. The van der Waals surface area contributed by atoms with E-state index in [-0.39, 0.29) is 47.9 Å². The van der Waals surface area contributed by atoms with Gasteiger partial charge in [0.25, 0.3) is 21.6 Å². The normalized spacial score (nSPS) is 18.1. The van der Waals surface area contributed by atoms with Crippen molar-refractivity contribution >= 4 is 55.5 Å². The van der Waals surface area contributed by atoms with Gasteiger partial charge in [-0.1, -0.05) is 25.5 Å². The van der Waals surface area contributed by atoms with Crippen molar-refractivity contribution in [1.29, 1.82) is 0 Å². The van der Waals surface area contributed by atoms with Gasteiger partial charge in [-0.3, -0.25) is 24.6 Å². The third-order valence-electron chi connectivity index (χ3n) is 12.9. The molecule has 2 aliphatic heterocycles. The fraction of sp³-hybridized carbons (Fsp3) is 0.396. The number of pyridine rings is 1. The van der Waals surface area contributed by atoms with E-state index in [1.165, 1.54) is 23.9 Å². The monoisotopic (exact) mass is 1010 g/mol. The molecule has 5 aromatic rings.